The maximum atomic E-state index is 12.2. The lowest BCUT2D eigenvalue weighted by molar-refractivity contribution is -0.121. The number of aryl methyl sites for hydroxylation is 1. The van der Waals surface area contributed by atoms with Gasteiger partial charge in [-0.25, -0.2) is 0 Å². The summed E-state index contributed by atoms with van der Waals surface area (Å²) in [6, 6.07) is 8.23. The van der Waals surface area contributed by atoms with Gasteiger partial charge < -0.3 is 4.90 Å². The van der Waals surface area contributed by atoms with E-state index in [1.807, 2.05) is 24.0 Å². The van der Waals surface area contributed by atoms with Gasteiger partial charge in [-0.2, -0.15) is 0 Å². The first kappa shape index (κ1) is 11.2. The van der Waals surface area contributed by atoms with Crippen LogP contribution >= 0.6 is 0 Å². The standard InChI is InChI=1S/C14H19NO/c1-11-6-8-13(9-7-11)15-10-4-3-5-12(2)14(15)16/h6-9,12H,3-5,10H2,1-2H3. The summed E-state index contributed by atoms with van der Waals surface area (Å²) in [5.41, 5.74) is 2.28. The van der Waals surface area contributed by atoms with Gasteiger partial charge >= 0.3 is 0 Å². The molecule has 1 aromatic rings. The number of carbonyl (C=O) groups is 1. The first-order valence-corrected chi connectivity index (χ1v) is 6.06. The Bertz CT molecular complexity index is 369. The monoisotopic (exact) mass is 217 g/mol. The molecule has 0 bridgehead atoms. The van der Waals surface area contributed by atoms with Crippen LogP contribution in [-0.2, 0) is 4.79 Å². The molecule has 1 unspecified atom stereocenters. The molecule has 16 heavy (non-hydrogen) atoms. The van der Waals surface area contributed by atoms with Gasteiger partial charge in [0.25, 0.3) is 0 Å². The van der Waals surface area contributed by atoms with Crippen molar-refractivity contribution in [2.75, 3.05) is 11.4 Å². The highest BCUT2D eigenvalue weighted by atomic mass is 16.2. The minimum absolute atomic E-state index is 0.170. The molecule has 2 heteroatoms. The van der Waals surface area contributed by atoms with Crippen LogP contribution in [0.3, 0.4) is 0 Å². The highest BCUT2D eigenvalue weighted by molar-refractivity contribution is 5.95. The topological polar surface area (TPSA) is 20.3 Å². The van der Waals surface area contributed by atoms with E-state index in [2.05, 4.69) is 19.1 Å². The minimum Gasteiger partial charge on any atom is -0.312 e. The zero-order chi connectivity index (χ0) is 11.5. The zero-order valence-corrected chi connectivity index (χ0v) is 10.1. The molecule has 0 saturated carbocycles. The Balaban J connectivity index is 2.24. The van der Waals surface area contributed by atoms with Crippen molar-refractivity contribution >= 4 is 11.6 Å². The minimum atomic E-state index is 0.170. The van der Waals surface area contributed by atoms with E-state index in [0.717, 1.165) is 31.5 Å². The first-order chi connectivity index (χ1) is 7.68. The van der Waals surface area contributed by atoms with Gasteiger partial charge in [0.05, 0.1) is 0 Å². The lowest BCUT2D eigenvalue weighted by Gasteiger charge is -2.23. The number of amides is 1. The van der Waals surface area contributed by atoms with Crippen molar-refractivity contribution in [2.45, 2.75) is 33.1 Å². The summed E-state index contributed by atoms with van der Waals surface area (Å²) < 4.78 is 0. The van der Waals surface area contributed by atoms with Crippen molar-refractivity contribution in [2.24, 2.45) is 5.92 Å². The highest BCUT2D eigenvalue weighted by Crippen LogP contribution is 2.23. The summed E-state index contributed by atoms with van der Waals surface area (Å²) in [6.45, 7) is 4.97. The molecule has 1 atom stereocenters. The van der Waals surface area contributed by atoms with Crippen molar-refractivity contribution in [3.8, 4) is 0 Å². The Morgan fingerprint density at radius 2 is 1.88 bits per heavy atom. The molecule has 0 spiro atoms. The summed E-state index contributed by atoms with van der Waals surface area (Å²) in [5, 5.41) is 0. The van der Waals surface area contributed by atoms with Crippen LogP contribution in [0.5, 0.6) is 0 Å². The van der Waals surface area contributed by atoms with Gasteiger partial charge in [0.2, 0.25) is 5.91 Å². The summed E-state index contributed by atoms with van der Waals surface area (Å²) in [6.07, 6.45) is 3.31. The quantitative estimate of drug-likeness (QED) is 0.707. The largest absolute Gasteiger partial charge is 0.312 e. The van der Waals surface area contributed by atoms with Crippen LogP contribution in [0.25, 0.3) is 0 Å². The van der Waals surface area contributed by atoms with Crippen LogP contribution in [0.15, 0.2) is 24.3 Å². The van der Waals surface area contributed by atoms with Crippen molar-refractivity contribution < 1.29 is 4.79 Å². The molecule has 1 fully saturated rings. The molecule has 2 nitrogen and oxygen atoms in total. The SMILES string of the molecule is Cc1ccc(N2CCCCC(C)C2=O)cc1. The normalized spacial score (nSPS) is 22.0. The maximum Gasteiger partial charge on any atom is 0.229 e. The molecular weight excluding hydrogens is 198 g/mol. The van der Waals surface area contributed by atoms with E-state index < -0.39 is 0 Å². The van der Waals surface area contributed by atoms with Gasteiger partial charge in [-0.15, -0.1) is 0 Å². The fraction of sp³-hybridized carbons (Fsp3) is 0.500. The smallest absolute Gasteiger partial charge is 0.229 e. The first-order valence-electron chi connectivity index (χ1n) is 6.06. The molecule has 0 N–H and O–H groups in total. The van der Waals surface area contributed by atoms with Crippen LogP contribution in [-0.4, -0.2) is 12.5 Å². The van der Waals surface area contributed by atoms with E-state index in [9.17, 15) is 4.79 Å². The Morgan fingerprint density at radius 3 is 2.56 bits per heavy atom. The van der Waals surface area contributed by atoms with Crippen LogP contribution in [0, 0.1) is 12.8 Å². The molecule has 1 amide bonds. The van der Waals surface area contributed by atoms with Crippen molar-refractivity contribution in [1.29, 1.82) is 0 Å². The fourth-order valence-corrected chi connectivity index (χ4v) is 2.20. The van der Waals surface area contributed by atoms with E-state index in [0.29, 0.717) is 0 Å². The summed E-state index contributed by atoms with van der Waals surface area (Å²) in [5.74, 6) is 0.449. The third-order valence-corrected chi connectivity index (χ3v) is 3.30. The molecule has 0 aliphatic carbocycles. The highest BCUT2D eigenvalue weighted by Gasteiger charge is 2.24. The summed E-state index contributed by atoms with van der Waals surface area (Å²) in [4.78, 5) is 14.1. The number of benzene rings is 1. The second kappa shape index (κ2) is 4.69. The zero-order valence-electron chi connectivity index (χ0n) is 10.1. The Hall–Kier alpha value is -1.31. The van der Waals surface area contributed by atoms with E-state index in [1.165, 1.54) is 5.56 Å². The third-order valence-electron chi connectivity index (χ3n) is 3.30. The lowest BCUT2D eigenvalue weighted by Crippen LogP contribution is -2.33. The molecule has 1 saturated heterocycles. The van der Waals surface area contributed by atoms with E-state index in [-0.39, 0.29) is 11.8 Å². The lowest BCUT2D eigenvalue weighted by atomic mass is 10.1. The molecule has 1 aromatic carbocycles. The van der Waals surface area contributed by atoms with Crippen LogP contribution in [0.1, 0.15) is 31.7 Å². The Kier molecular flexibility index (Phi) is 3.28. The Labute approximate surface area is 97.3 Å². The van der Waals surface area contributed by atoms with Crippen LogP contribution in [0.4, 0.5) is 5.69 Å². The number of nitrogens with zero attached hydrogens (tertiary/aromatic N) is 1. The Morgan fingerprint density at radius 1 is 1.19 bits per heavy atom. The third kappa shape index (κ3) is 2.26. The van der Waals surface area contributed by atoms with Gasteiger partial charge in [-0.3, -0.25) is 4.79 Å². The van der Waals surface area contributed by atoms with Crippen molar-refractivity contribution in [3.05, 3.63) is 29.8 Å². The average molecular weight is 217 g/mol. The molecule has 2 rings (SSSR count). The molecule has 1 aliphatic rings. The second-order valence-corrected chi connectivity index (χ2v) is 4.72. The predicted molar refractivity (Wildman–Crippen MR) is 66.5 cm³/mol. The van der Waals surface area contributed by atoms with Crippen LogP contribution < -0.4 is 4.90 Å². The van der Waals surface area contributed by atoms with Crippen molar-refractivity contribution in [1.82, 2.24) is 0 Å². The van der Waals surface area contributed by atoms with Crippen molar-refractivity contribution in [3.63, 3.8) is 0 Å². The molecule has 86 valence electrons. The molecule has 1 heterocycles. The molecule has 0 aromatic heterocycles. The van der Waals surface area contributed by atoms with Gasteiger partial charge in [0, 0.05) is 18.2 Å². The molecule has 1 aliphatic heterocycles. The van der Waals surface area contributed by atoms with Gasteiger partial charge in [-0.05, 0) is 31.9 Å². The van der Waals surface area contributed by atoms with Gasteiger partial charge in [0.15, 0.2) is 0 Å². The fourth-order valence-electron chi connectivity index (χ4n) is 2.20. The van der Waals surface area contributed by atoms with E-state index >= 15 is 0 Å². The van der Waals surface area contributed by atoms with E-state index in [4.69, 9.17) is 0 Å². The number of anilines is 1. The van der Waals surface area contributed by atoms with Gasteiger partial charge in [0.1, 0.15) is 0 Å². The van der Waals surface area contributed by atoms with Gasteiger partial charge in [-0.1, -0.05) is 31.0 Å². The number of carbonyl (C=O) groups excluding carboxylic acids is 1. The predicted octanol–water partition coefficient (Wildman–Crippen LogP) is 3.15. The average Bonchev–Trinajstić information content (AvgIpc) is 2.44. The van der Waals surface area contributed by atoms with E-state index in [1.54, 1.807) is 0 Å². The maximum absolute atomic E-state index is 12.2. The molecular formula is C14H19NO. The number of hydrogen-bond acceptors (Lipinski definition) is 1. The summed E-state index contributed by atoms with van der Waals surface area (Å²) in [7, 11) is 0. The molecule has 0 radical (unpaired) electrons. The number of rotatable bonds is 1. The second-order valence-electron chi connectivity index (χ2n) is 4.72. The number of hydrogen-bond donors (Lipinski definition) is 0. The summed E-state index contributed by atoms with van der Waals surface area (Å²) >= 11 is 0. The van der Waals surface area contributed by atoms with Crippen LogP contribution in [0.2, 0.25) is 0 Å².